The summed E-state index contributed by atoms with van der Waals surface area (Å²) < 4.78 is 5.63. The number of carbonyl (C=O) groups is 1. The van der Waals surface area contributed by atoms with Crippen LogP contribution in [0.4, 0.5) is 0 Å². The van der Waals surface area contributed by atoms with E-state index in [0.717, 1.165) is 30.4 Å². The Labute approximate surface area is 172 Å². The van der Waals surface area contributed by atoms with E-state index in [9.17, 15) is 4.79 Å². The maximum atomic E-state index is 10.3. The third kappa shape index (κ3) is 21.9. The van der Waals surface area contributed by atoms with E-state index in [0.29, 0.717) is 6.61 Å². The molecule has 4 heteroatoms. The van der Waals surface area contributed by atoms with Crippen LogP contribution in [0.15, 0.2) is 74.9 Å². The fraction of sp³-hybridized carbons (Fsp3) is 0.348. The van der Waals surface area contributed by atoms with E-state index in [1.165, 1.54) is 11.6 Å². The van der Waals surface area contributed by atoms with E-state index in [4.69, 9.17) is 0 Å². The molecule has 3 nitrogen and oxygen atoms in total. The van der Waals surface area contributed by atoms with Crippen LogP contribution < -0.4 is 12.4 Å². The first kappa shape index (κ1) is 29.7. The molecule has 0 aliphatic carbocycles. The van der Waals surface area contributed by atoms with Crippen molar-refractivity contribution in [3.8, 4) is 0 Å². The molecule has 0 unspecified atom stereocenters. The van der Waals surface area contributed by atoms with Crippen molar-refractivity contribution in [2.24, 2.45) is 0 Å². The molecule has 0 spiro atoms. The van der Waals surface area contributed by atoms with Gasteiger partial charge in [0.1, 0.15) is 0 Å². The van der Waals surface area contributed by atoms with E-state index >= 15 is 0 Å². The lowest BCUT2D eigenvalue weighted by Crippen LogP contribution is -3.00. The predicted octanol–water partition coefficient (Wildman–Crippen LogP) is 2.28. The fourth-order valence-corrected chi connectivity index (χ4v) is 1.74. The number of likely N-dealkylation sites (N-methyl/N-ethyl adjacent to an activating group) is 1. The summed E-state index contributed by atoms with van der Waals surface area (Å²) in [6.07, 6.45) is 8.85. The van der Waals surface area contributed by atoms with Gasteiger partial charge < -0.3 is 21.6 Å². The van der Waals surface area contributed by atoms with Crippen molar-refractivity contribution in [1.82, 2.24) is 0 Å². The van der Waals surface area contributed by atoms with Gasteiger partial charge in [0.25, 0.3) is 0 Å². The van der Waals surface area contributed by atoms with Crippen LogP contribution in [0.5, 0.6) is 0 Å². The van der Waals surface area contributed by atoms with Crippen molar-refractivity contribution < 1.29 is 26.4 Å². The first-order valence-corrected chi connectivity index (χ1v) is 8.87. The van der Waals surface area contributed by atoms with Crippen LogP contribution in [0.3, 0.4) is 0 Å². The Hall–Kier alpha value is -2.10. The lowest BCUT2D eigenvalue weighted by molar-refractivity contribution is -0.878. The van der Waals surface area contributed by atoms with Gasteiger partial charge in [0.15, 0.2) is 0 Å². The normalized spacial score (nSPS) is 9.00. The summed E-state index contributed by atoms with van der Waals surface area (Å²) in [6, 6.07) is 10.0. The van der Waals surface area contributed by atoms with E-state index in [-0.39, 0.29) is 18.4 Å². The van der Waals surface area contributed by atoms with Crippen LogP contribution in [0, 0.1) is 0 Å². The highest BCUT2D eigenvalue weighted by Gasteiger charge is 2.07. The van der Waals surface area contributed by atoms with Crippen molar-refractivity contribution in [3.63, 3.8) is 0 Å². The number of carbonyl (C=O) groups excluding carboxylic acids is 1. The minimum atomic E-state index is -0.330. The summed E-state index contributed by atoms with van der Waals surface area (Å²) in [7, 11) is 4.31. The zero-order valence-electron chi connectivity index (χ0n) is 17.2. The number of nitrogens with zero attached hydrogens (tertiary/aromatic N) is 1. The Morgan fingerprint density at radius 1 is 1.04 bits per heavy atom. The molecule has 0 heterocycles. The van der Waals surface area contributed by atoms with Crippen molar-refractivity contribution >= 4 is 12.0 Å². The van der Waals surface area contributed by atoms with Crippen LogP contribution >= 0.6 is 0 Å². The second kappa shape index (κ2) is 20.2. The highest BCUT2D eigenvalue weighted by Crippen LogP contribution is 1.97. The van der Waals surface area contributed by atoms with E-state index < -0.39 is 0 Å². The highest BCUT2D eigenvalue weighted by molar-refractivity contribution is 5.81. The second-order valence-corrected chi connectivity index (χ2v) is 6.22. The topological polar surface area (TPSA) is 26.3 Å². The minimum absolute atomic E-state index is 0. The average molecular weight is 394 g/mol. The monoisotopic (exact) mass is 393 g/mol. The maximum Gasteiger partial charge on any atom is 0.330 e. The zero-order chi connectivity index (χ0) is 20.3. The van der Waals surface area contributed by atoms with Gasteiger partial charge in [0.2, 0.25) is 0 Å². The molecule has 152 valence electrons. The molecule has 1 rings (SSSR count). The van der Waals surface area contributed by atoms with Gasteiger partial charge in [-0.2, -0.15) is 0 Å². The largest absolute Gasteiger partial charge is 1.00 e. The Morgan fingerprint density at radius 2 is 1.56 bits per heavy atom. The molecule has 0 N–H and O–H groups in total. The number of hydrogen-bond acceptors (Lipinski definition) is 2. The number of ether oxygens (including phenoxy) is 1. The molecular formula is C23H36ClNO2. The molecule has 0 atom stereocenters. The summed E-state index contributed by atoms with van der Waals surface area (Å²) in [5, 5.41) is 0. The van der Waals surface area contributed by atoms with Gasteiger partial charge in [-0.3, -0.25) is 0 Å². The number of quaternary nitrogens is 1. The SMILES string of the molecule is C=CC(=O)OCCCC.C=CC[N+](C)(C)CC=C.C=Cc1ccccc1.[Cl-]. The minimum Gasteiger partial charge on any atom is -1.00 e. The van der Waals surface area contributed by atoms with Crippen molar-refractivity contribution in [2.75, 3.05) is 33.8 Å². The van der Waals surface area contributed by atoms with Gasteiger partial charge >= 0.3 is 5.97 Å². The second-order valence-electron chi connectivity index (χ2n) is 6.22. The quantitative estimate of drug-likeness (QED) is 0.211. The third-order valence-electron chi connectivity index (χ3n) is 3.19. The third-order valence-corrected chi connectivity index (χ3v) is 3.19. The molecule has 0 saturated carbocycles. The van der Waals surface area contributed by atoms with Gasteiger partial charge in [0.05, 0.1) is 33.8 Å². The standard InChI is InChI=1S/C8H16N.C8H8.C7H12O2.ClH/c1-5-7-9(3,4)8-6-2;1-2-8-6-4-3-5-7-8;1-3-5-6-9-7(8)4-2;/h5-6H,1-2,7-8H2,3-4H3;2-7H,1H2;4H,2-3,5-6H2,1H3;1H/q+1;;;/p-1. The van der Waals surface area contributed by atoms with Gasteiger partial charge in [-0.05, 0) is 24.1 Å². The van der Waals surface area contributed by atoms with Gasteiger partial charge in [-0.1, -0.05) is 76.1 Å². The summed E-state index contributed by atoms with van der Waals surface area (Å²) in [5.41, 5.74) is 1.17. The lowest BCUT2D eigenvalue weighted by atomic mass is 10.2. The summed E-state index contributed by atoms with van der Waals surface area (Å²) in [6.45, 7) is 18.8. The van der Waals surface area contributed by atoms with Crippen molar-refractivity contribution in [3.05, 3.63) is 80.4 Å². The Morgan fingerprint density at radius 3 is 1.89 bits per heavy atom. The molecule has 0 aliphatic rings. The van der Waals surface area contributed by atoms with E-state index in [1.807, 2.05) is 55.5 Å². The highest BCUT2D eigenvalue weighted by atomic mass is 35.5. The average Bonchev–Trinajstić information content (AvgIpc) is 2.63. The molecule has 0 radical (unpaired) electrons. The van der Waals surface area contributed by atoms with E-state index in [2.05, 4.69) is 45.1 Å². The maximum absolute atomic E-state index is 10.3. The fourth-order valence-electron chi connectivity index (χ4n) is 1.74. The van der Waals surface area contributed by atoms with Gasteiger partial charge in [-0.25, -0.2) is 4.79 Å². The summed E-state index contributed by atoms with van der Waals surface area (Å²) in [5.74, 6) is -0.330. The molecule has 1 aromatic carbocycles. The number of esters is 1. The van der Waals surface area contributed by atoms with Crippen LogP contribution in [-0.4, -0.2) is 44.2 Å². The van der Waals surface area contributed by atoms with Crippen molar-refractivity contribution in [2.45, 2.75) is 19.8 Å². The molecule has 0 saturated heterocycles. The Balaban J connectivity index is -0.000000314. The Bertz CT molecular complexity index is 512. The first-order valence-electron chi connectivity index (χ1n) is 8.87. The number of rotatable bonds is 9. The first-order chi connectivity index (χ1) is 12.4. The predicted molar refractivity (Wildman–Crippen MR) is 115 cm³/mol. The van der Waals surface area contributed by atoms with Crippen molar-refractivity contribution in [1.29, 1.82) is 0 Å². The molecule has 0 aromatic heterocycles. The molecule has 0 fully saturated rings. The number of halogens is 1. The summed E-state index contributed by atoms with van der Waals surface area (Å²) >= 11 is 0. The Kier molecular flexibility index (Phi) is 22.2. The van der Waals surface area contributed by atoms with Crippen LogP contribution in [0.25, 0.3) is 6.08 Å². The van der Waals surface area contributed by atoms with Gasteiger partial charge in [0, 0.05) is 6.08 Å². The number of benzene rings is 1. The number of hydrogen-bond donors (Lipinski definition) is 0. The van der Waals surface area contributed by atoms with Crippen LogP contribution in [0.1, 0.15) is 25.3 Å². The molecule has 27 heavy (non-hydrogen) atoms. The molecule has 1 aromatic rings. The van der Waals surface area contributed by atoms with Crippen LogP contribution in [0.2, 0.25) is 0 Å². The molecule has 0 aliphatic heterocycles. The zero-order valence-corrected chi connectivity index (χ0v) is 18.0. The molecule has 0 amide bonds. The summed E-state index contributed by atoms with van der Waals surface area (Å²) in [4.78, 5) is 10.3. The molecule has 0 bridgehead atoms. The van der Waals surface area contributed by atoms with Gasteiger partial charge in [-0.15, -0.1) is 0 Å². The lowest BCUT2D eigenvalue weighted by Gasteiger charge is -2.26. The number of unbranched alkanes of at least 4 members (excludes halogenated alkanes) is 1. The van der Waals surface area contributed by atoms with E-state index in [1.54, 1.807) is 0 Å². The van der Waals surface area contributed by atoms with Crippen LogP contribution in [-0.2, 0) is 9.53 Å². The smallest absolute Gasteiger partial charge is 0.330 e. The molecular weight excluding hydrogens is 358 g/mol.